The second-order valence-electron chi connectivity index (χ2n) is 4.84. The minimum absolute atomic E-state index is 0.0474. The number of ether oxygens (including phenoxy) is 2. The van der Waals surface area contributed by atoms with Gasteiger partial charge >= 0.3 is 0 Å². The van der Waals surface area contributed by atoms with Crippen LogP contribution in [0.25, 0.3) is 0 Å². The van der Waals surface area contributed by atoms with Gasteiger partial charge in [0.05, 0.1) is 13.2 Å². The number of rotatable bonds is 9. The minimum Gasteiger partial charge on any atom is -0.382 e. The van der Waals surface area contributed by atoms with Crippen LogP contribution in [0.15, 0.2) is 24.3 Å². The first-order valence-electron chi connectivity index (χ1n) is 6.72. The van der Waals surface area contributed by atoms with E-state index in [-0.39, 0.29) is 12.5 Å². The number of amides is 1. The predicted octanol–water partition coefficient (Wildman–Crippen LogP) is 1.39. The number of methoxy groups -OCH3 is 1. The number of nitrogens with one attached hydrogen (secondary N) is 1. The van der Waals surface area contributed by atoms with Crippen molar-refractivity contribution in [3.8, 4) is 0 Å². The summed E-state index contributed by atoms with van der Waals surface area (Å²) < 4.78 is 9.99. The molecule has 0 spiro atoms. The van der Waals surface area contributed by atoms with Crippen LogP contribution in [0.4, 0.5) is 5.69 Å². The van der Waals surface area contributed by atoms with Gasteiger partial charge in [0.1, 0.15) is 6.61 Å². The largest absolute Gasteiger partial charge is 0.382 e. The summed E-state index contributed by atoms with van der Waals surface area (Å²) >= 11 is 0. The van der Waals surface area contributed by atoms with Crippen molar-refractivity contribution >= 4 is 11.6 Å². The number of anilines is 1. The average Bonchev–Trinajstić information content (AvgIpc) is 2.43. The van der Waals surface area contributed by atoms with E-state index in [4.69, 9.17) is 9.47 Å². The van der Waals surface area contributed by atoms with Gasteiger partial charge in [0.25, 0.3) is 0 Å². The van der Waals surface area contributed by atoms with E-state index >= 15 is 0 Å². The van der Waals surface area contributed by atoms with E-state index in [9.17, 15) is 4.79 Å². The second kappa shape index (κ2) is 9.47. The third-order valence-corrected chi connectivity index (χ3v) is 2.75. The molecular formula is C15H24N2O3. The zero-order valence-corrected chi connectivity index (χ0v) is 12.5. The fourth-order valence-corrected chi connectivity index (χ4v) is 1.61. The lowest BCUT2D eigenvalue weighted by molar-refractivity contribution is -0.121. The lowest BCUT2D eigenvalue weighted by Crippen LogP contribution is -2.19. The lowest BCUT2D eigenvalue weighted by atomic mass is 10.1. The van der Waals surface area contributed by atoms with Crippen LogP contribution in [0, 0.1) is 0 Å². The molecule has 0 bridgehead atoms. The Morgan fingerprint density at radius 3 is 2.50 bits per heavy atom. The van der Waals surface area contributed by atoms with E-state index in [0.29, 0.717) is 13.2 Å². The highest BCUT2D eigenvalue weighted by Gasteiger charge is 2.02. The zero-order valence-electron chi connectivity index (χ0n) is 12.5. The molecule has 5 nitrogen and oxygen atoms in total. The highest BCUT2D eigenvalue weighted by Crippen LogP contribution is 2.10. The van der Waals surface area contributed by atoms with Gasteiger partial charge in [-0.2, -0.15) is 0 Å². The summed E-state index contributed by atoms with van der Waals surface area (Å²) in [6, 6.07) is 7.89. The van der Waals surface area contributed by atoms with E-state index in [1.54, 1.807) is 7.11 Å². The highest BCUT2D eigenvalue weighted by atomic mass is 16.5. The molecule has 0 atom stereocenters. The Morgan fingerprint density at radius 2 is 1.90 bits per heavy atom. The molecule has 0 aliphatic carbocycles. The van der Waals surface area contributed by atoms with Gasteiger partial charge in [-0.05, 0) is 38.2 Å². The van der Waals surface area contributed by atoms with Crippen LogP contribution in [0.3, 0.4) is 0 Å². The third-order valence-electron chi connectivity index (χ3n) is 2.75. The van der Waals surface area contributed by atoms with Gasteiger partial charge in [0.15, 0.2) is 0 Å². The fraction of sp³-hybridized carbons (Fsp3) is 0.533. The monoisotopic (exact) mass is 280 g/mol. The van der Waals surface area contributed by atoms with Crippen LogP contribution in [0.2, 0.25) is 0 Å². The molecule has 5 heteroatoms. The Balaban J connectivity index is 2.31. The van der Waals surface area contributed by atoms with Gasteiger partial charge in [0.2, 0.25) is 5.91 Å². The molecular weight excluding hydrogens is 256 g/mol. The van der Waals surface area contributed by atoms with E-state index in [0.717, 1.165) is 18.7 Å². The first-order chi connectivity index (χ1) is 9.61. The zero-order chi connectivity index (χ0) is 14.8. The molecule has 0 heterocycles. The van der Waals surface area contributed by atoms with Crippen LogP contribution in [-0.2, 0) is 20.7 Å². The summed E-state index contributed by atoms with van der Waals surface area (Å²) in [6.45, 7) is 1.98. The summed E-state index contributed by atoms with van der Waals surface area (Å²) in [6.07, 6.45) is 1.00. The molecule has 1 N–H and O–H groups in total. The molecule has 112 valence electrons. The van der Waals surface area contributed by atoms with Crippen molar-refractivity contribution < 1.29 is 14.3 Å². The van der Waals surface area contributed by atoms with Crippen molar-refractivity contribution in [3.05, 3.63) is 29.8 Å². The number of nitrogens with zero attached hydrogens (tertiary/aromatic N) is 1. The van der Waals surface area contributed by atoms with Crippen LogP contribution in [-0.4, -0.2) is 58.4 Å². The fourth-order valence-electron chi connectivity index (χ4n) is 1.61. The molecule has 1 aromatic rings. The molecule has 1 aromatic carbocycles. The Kier molecular flexibility index (Phi) is 7.87. The van der Waals surface area contributed by atoms with Gasteiger partial charge in [0, 0.05) is 19.3 Å². The van der Waals surface area contributed by atoms with Crippen molar-refractivity contribution in [1.29, 1.82) is 0 Å². The first-order valence-corrected chi connectivity index (χ1v) is 6.72. The molecule has 0 fully saturated rings. The SMILES string of the molecule is COCCOCC(=O)Nc1ccc(CCN(C)C)cc1. The minimum atomic E-state index is -0.151. The molecule has 0 saturated heterocycles. The Morgan fingerprint density at radius 1 is 1.20 bits per heavy atom. The number of carbonyl (C=O) groups excluding carboxylic acids is 1. The maximum atomic E-state index is 11.6. The maximum absolute atomic E-state index is 11.6. The maximum Gasteiger partial charge on any atom is 0.250 e. The van der Waals surface area contributed by atoms with E-state index in [1.807, 2.05) is 24.3 Å². The van der Waals surface area contributed by atoms with Crippen molar-refractivity contribution in [3.63, 3.8) is 0 Å². The number of benzene rings is 1. The van der Waals surface area contributed by atoms with Gasteiger partial charge < -0.3 is 19.7 Å². The van der Waals surface area contributed by atoms with Gasteiger partial charge in [-0.1, -0.05) is 12.1 Å². The van der Waals surface area contributed by atoms with Crippen molar-refractivity contribution in [1.82, 2.24) is 4.90 Å². The standard InChI is InChI=1S/C15H24N2O3/c1-17(2)9-8-13-4-6-14(7-5-13)16-15(18)12-20-11-10-19-3/h4-7H,8-12H2,1-3H3,(H,16,18). The molecule has 0 aromatic heterocycles. The summed E-state index contributed by atoms with van der Waals surface area (Å²) in [5.74, 6) is -0.151. The van der Waals surface area contributed by atoms with E-state index < -0.39 is 0 Å². The van der Waals surface area contributed by atoms with Crippen molar-refractivity contribution in [2.75, 3.05) is 52.9 Å². The Labute approximate surface area is 120 Å². The molecule has 0 unspecified atom stereocenters. The van der Waals surface area contributed by atoms with Crippen molar-refractivity contribution in [2.24, 2.45) is 0 Å². The van der Waals surface area contributed by atoms with Gasteiger partial charge in [-0.3, -0.25) is 4.79 Å². The Bertz CT molecular complexity index is 391. The summed E-state index contributed by atoms with van der Waals surface area (Å²) in [7, 11) is 5.71. The van der Waals surface area contributed by atoms with E-state index in [1.165, 1.54) is 5.56 Å². The molecule has 1 rings (SSSR count). The van der Waals surface area contributed by atoms with Crippen LogP contribution < -0.4 is 5.32 Å². The van der Waals surface area contributed by atoms with E-state index in [2.05, 4.69) is 24.3 Å². The molecule has 20 heavy (non-hydrogen) atoms. The summed E-state index contributed by atoms with van der Waals surface area (Å²) in [5.41, 5.74) is 2.05. The molecule has 0 aliphatic rings. The summed E-state index contributed by atoms with van der Waals surface area (Å²) in [4.78, 5) is 13.7. The molecule has 1 amide bonds. The van der Waals surface area contributed by atoms with Gasteiger partial charge in [-0.25, -0.2) is 0 Å². The van der Waals surface area contributed by atoms with Crippen LogP contribution in [0.1, 0.15) is 5.56 Å². The number of hydrogen-bond acceptors (Lipinski definition) is 4. The summed E-state index contributed by atoms with van der Waals surface area (Å²) in [5, 5.41) is 2.80. The molecule has 0 radical (unpaired) electrons. The second-order valence-corrected chi connectivity index (χ2v) is 4.84. The predicted molar refractivity (Wildman–Crippen MR) is 80.0 cm³/mol. The normalized spacial score (nSPS) is 10.8. The van der Waals surface area contributed by atoms with Gasteiger partial charge in [-0.15, -0.1) is 0 Å². The van der Waals surface area contributed by atoms with Crippen LogP contribution in [0.5, 0.6) is 0 Å². The average molecular weight is 280 g/mol. The lowest BCUT2D eigenvalue weighted by Gasteiger charge is -2.10. The molecule has 0 aliphatic heterocycles. The first kappa shape index (κ1) is 16.6. The Hall–Kier alpha value is -1.43. The third kappa shape index (κ3) is 7.23. The number of likely N-dealkylation sites (N-methyl/N-ethyl adjacent to an activating group) is 1. The topological polar surface area (TPSA) is 50.8 Å². The van der Waals surface area contributed by atoms with Crippen LogP contribution >= 0.6 is 0 Å². The number of carbonyl (C=O) groups is 1. The van der Waals surface area contributed by atoms with Crippen molar-refractivity contribution in [2.45, 2.75) is 6.42 Å². The highest BCUT2D eigenvalue weighted by molar-refractivity contribution is 5.91. The number of hydrogen-bond donors (Lipinski definition) is 1. The quantitative estimate of drug-likeness (QED) is 0.695. The molecule has 0 saturated carbocycles. The smallest absolute Gasteiger partial charge is 0.250 e.